The zero-order chi connectivity index (χ0) is 21.1. The fourth-order valence-corrected chi connectivity index (χ4v) is 3.05. The van der Waals surface area contributed by atoms with E-state index in [-0.39, 0.29) is 38.1 Å². The molecule has 0 atom stereocenters. The number of thiocarbonyl (C=S) groups is 1. The molecular weight excluding hydrogens is 441 g/mol. The summed E-state index contributed by atoms with van der Waals surface area (Å²) in [5.74, 6) is -0.652. The van der Waals surface area contributed by atoms with Gasteiger partial charge in [-0.3, -0.25) is 20.2 Å². The van der Waals surface area contributed by atoms with Crippen LogP contribution in [-0.2, 0) is 0 Å². The number of hydrogen-bond acceptors (Lipinski definition) is 6. The Balaban J connectivity index is 1.69. The van der Waals surface area contributed by atoms with Crippen molar-refractivity contribution in [1.82, 2.24) is 5.32 Å². The van der Waals surface area contributed by atoms with Gasteiger partial charge >= 0.3 is 0 Å². The number of anilines is 1. The number of carbonyl (C=O) groups excluding carboxylic acids is 1. The number of benzene rings is 2. The summed E-state index contributed by atoms with van der Waals surface area (Å²) in [4.78, 5) is 22.7. The van der Waals surface area contributed by atoms with Gasteiger partial charge in [-0.25, -0.2) is 0 Å². The highest BCUT2D eigenvalue weighted by Gasteiger charge is 2.16. The highest BCUT2D eigenvalue weighted by Crippen LogP contribution is 2.34. The lowest BCUT2D eigenvalue weighted by Crippen LogP contribution is -2.33. The van der Waals surface area contributed by atoms with Gasteiger partial charge in [-0.2, -0.15) is 0 Å². The molecule has 0 saturated heterocycles. The number of rotatable bonds is 4. The SMILES string of the molecule is O=C(NC(=S)Nc1cc(Cl)c(O)c(Cl)c1)c1ccc(-c2cccc([N+](=O)[O-])c2)o1. The molecule has 2 aromatic carbocycles. The van der Waals surface area contributed by atoms with Crippen molar-refractivity contribution in [2.24, 2.45) is 0 Å². The van der Waals surface area contributed by atoms with Crippen molar-refractivity contribution >= 4 is 57.8 Å². The molecule has 0 aliphatic rings. The van der Waals surface area contributed by atoms with Crippen molar-refractivity contribution in [3.05, 3.63) is 74.5 Å². The van der Waals surface area contributed by atoms with Crippen LogP contribution >= 0.6 is 35.4 Å². The van der Waals surface area contributed by atoms with Crippen LogP contribution in [0, 0.1) is 10.1 Å². The van der Waals surface area contributed by atoms with Gasteiger partial charge in [0.15, 0.2) is 16.6 Å². The second-order valence-electron chi connectivity index (χ2n) is 5.67. The first-order valence-electron chi connectivity index (χ1n) is 7.89. The van der Waals surface area contributed by atoms with Crippen molar-refractivity contribution in [2.75, 3.05) is 5.32 Å². The van der Waals surface area contributed by atoms with Crippen LogP contribution in [-0.4, -0.2) is 21.0 Å². The van der Waals surface area contributed by atoms with Crippen molar-refractivity contribution in [1.29, 1.82) is 0 Å². The summed E-state index contributed by atoms with van der Waals surface area (Å²) < 4.78 is 5.47. The van der Waals surface area contributed by atoms with Crippen LogP contribution in [0.2, 0.25) is 10.0 Å². The number of nitro benzene ring substituents is 1. The van der Waals surface area contributed by atoms with Crippen molar-refractivity contribution in [3.8, 4) is 17.1 Å². The first kappa shape index (κ1) is 20.6. The van der Waals surface area contributed by atoms with E-state index in [1.165, 1.54) is 42.5 Å². The van der Waals surface area contributed by atoms with E-state index in [1.54, 1.807) is 6.07 Å². The summed E-state index contributed by atoms with van der Waals surface area (Å²) in [6.07, 6.45) is 0. The molecule has 0 radical (unpaired) electrons. The van der Waals surface area contributed by atoms with Gasteiger partial charge in [0, 0.05) is 23.4 Å². The number of carbonyl (C=O) groups is 1. The molecule has 0 bridgehead atoms. The fourth-order valence-electron chi connectivity index (χ4n) is 2.35. The molecule has 3 aromatic rings. The Morgan fingerprint density at radius 3 is 2.48 bits per heavy atom. The third-order valence-electron chi connectivity index (χ3n) is 3.67. The average molecular weight is 452 g/mol. The summed E-state index contributed by atoms with van der Waals surface area (Å²) >= 11 is 16.7. The molecule has 3 N–H and O–H groups in total. The third kappa shape index (κ3) is 4.83. The molecule has 3 rings (SSSR count). The number of halogens is 2. The Labute approximate surface area is 179 Å². The van der Waals surface area contributed by atoms with E-state index >= 15 is 0 Å². The number of non-ortho nitro benzene ring substituents is 1. The summed E-state index contributed by atoms with van der Waals surface area (Å²) in [6.45, 7) is 0. The van der Waals surface area contributed by atoms with E-state index in [1.807, 2.05) is 0 Å². The number of aromatic hydroxyl groups is 1. The van der Waals surface area contributed by atoms with Gasteiger partial charge in [0.1, 0.15) is 5.76 Å². The van der Waals surface area contributed by atoms with E-state index in [0.29, 0.717) is 11.3 Å². The first-order chi connectivity index (χ1) is 13.7. The molecular formula is C18H11Cl2N3O5S. The van der Waals surface area contributed by atoms with Crippen LogP contribution in [0.25, 0.3) is 11.3 Å². The zero-order valence-corrected chi connectivity index (χ0v) is 16.6. The Hall–Kier alpha value is -3.14. The molecule has 148 valence electrons. The fraction of sp³-hybridized carbons (Fsp3) is 0. The molecule has 0 fully saturated rings. The molecule has 0 spiro atoms. The number of nitro groups is 1. The molecule has 0 aliphatic carbocycles. The van der Waals surface area contributed by atoms with Crippen LogP contribution in [0.15, 0.2) is 52.9 Å². The average Bonchev–Trinajstić information content (AvgIpc) is 3.16. The van der Waals surface area contributed by atoms with Crippen LogP contribution in [0.4, 0.5) is 11.4 Å². The van der Waals surface area contributed by atoms with E-state index in [9.17, 15) is 20.0 Å². The van der Waals surface area contributed by atoms with Crippen molar-refractivity contribution in [3.63, 3.8) is 0 Å². The lowest BCUT2D eigenvalue weighted by Gasteiger charge is -2.10. The highest BCUT2D eigenvalue weighted by atomic mass is 35.5. The molecule has 11 heteroatoms. The number of phenolic OH excluding ortho intramolecular Hbond substituents is 1. The smallest absolute Gasteiger partial charge is 0.293 e. The number of amides is 1. The van der Waals surface area contributed by atoms with Crippen LogP contribution in [0.3, 0.4) is 0 Å². The van der Waals surface area contributed by atoms with Crippen LogP contribution in [0.1, 0.15) is 10.6 Å². The van der Waals surface area contributed by atoms with E-state index < -0.39 is 10.8 Å². The molecule has 0 aliphatic heterocycles. The standard InChI is InChI=1S/C18H11Cl2N3O5S/c19-12-7-10(8-13(20)16(12)24)21-18(29)22-17(25)15-5-4-14(28-15)9-2-1-3-11(6-9)23(26)27/h1-8,24H,(H2,21,22,25,29). The second-order valence-corrected chi connectivity index (χ2v) is 6.89. The van der Waals surface area contributed by atoms with Gasteiger partial charge in [-0.15, -0.1) is 0 Å². The van der Waals surface area contributed by atoms with Gasteiger partial charge < -0.3 is 14.8 Å². The maximum Gasteiger partial charge on any atom is 0.293 e. The molecule has 1 heterocycles. The predicted molar refractivity (Wildman–Crippen MR) is 113 cm³/mol. The summed E-state index contributed by atoms with van der Waals surface area (Å²) in [5.41, 5.74) is 0.716. The molecule has 0 unspecified atom stereocenters. The summed E-state index contributed by atoms with van der Waals surface area (Å²) in [7, 11) is 0. The summed E-state index contributed by atoms with van der Waals surface area (Å²) in [5, 5.41) is 25.6. The zero-order valence-electron chi connectivity index (χ0n) is 14.3. The van der Waals surface area contributed by atoms with E-state index in [2.05, 4.69) is 10.6 Å². The third-order valence-corrected chi connectivity index (χ3v) is 4.45. The van der Waals surface area contributed by atoms with Crippen LogP contribution < -0.4 is 10.6 Å². The molecule has 29 heavy (non-hydrogen) atoms. The van der Waals surface area contributed by atoms with Crippen molar-refractivity contribution < 1.29 is 19.2 Å². The van der Waals surface area contributed by atoms with Crippen LogP contribution in [0.5, 0.6) is 5.75 Å². The maximum absolute atomic E-state index is 12.3. The monoisotopic (exact) mass is 451 g/mol. The molecule has 8 nitrogen and oxygen atoms in total. The number of nitrogens with zero attached hydrogens (tertiary/aromatic N) is 1. The number of nitrogens with one attached hydrogen (secondary N) is 2. The summed E-state index contributed by atoms with van der Waals surface area (Å²) in [6, 6.07) is 11.5. The largest absolute Gasteiger partial charge is 0.505 e. The normalized spacial score (nSPS) is 10.4. The Bertz CT molecular complexity index is 1110. The lowest BCUT2D eigenvalue weighted by molar-refractivity contribution is -0.384. The minimum Gasteiger partial charge on any atom is -0.505 e. The van der Waals surface area contributed by atoms with Crippen molar-refractivity contribution in [2.45, 2.75) is 0 Å². The Morgan fingerprint density at radius 1 is 1.14 bits per heavy atom. The molecule has 1 aromatic heterocycles. The van der Waals surface area contributed by atoms with Gasteiger partial charge in [0.25, 0.3) is 11.6 Å². The first-order valence-corrected chi connectivity index (χ1v) is 9.06. The maximum atomic E-state index is 12.3. The Morgan fingerprint density at radius 2 is 1.83 bits per heavy atom. The number of hydrogen-bond donors (Lipinski definition) is 3. The minimum atomic E-state index is -0.629. The number of phenols is 1. The second kappa shape index (κ2) is 8.48. The van der Waals surface area contributed by atoms with Gasteiger partial charge in [0.2, 0.25) is 0 Å². The lowest BCUT2D eigenvalue weighted by atomic mass is 10.1. The Kier molecular flexibility index (Phi) is 6.02. The minimum absolute atomic E-state index is 0.0155. The van der Waals surface area contributed by atoms with Gasteiger partial charge in [-0.05, 0) is 36.5 Å². The van der Waals surface area contributed by atoms with E-state index in [4.69, 9.17) is 39.8 Å². The molecule has 1 amide bonds. The molecule has 0 saturated carbocycles. The number of furan rings is 1. The highest BCUT2D eigenvalue weighted by molar-refractivity contribution is 7.80. The quantitative estimate of drug-likeness (QED) is 0.221. The predicted octanol–water partition coefficient (Wildman–Crippen LogP) is 4.99. The topological polar surface area (TPSA) is 118 Å². The van der Waals surface area contributed by atoms with E-state index in [0.717, 1.165) is 0 Å². The van der Waals surface area contributed by atoms with Gasteiger partial charge in [-0.1, -0.05) is 35.3 Å². The van der Waals surface area contributed by atoms with Gasteiger partial charge in [0.05, 0.1) is 15.0 Å².